The van der Waals surface area contributed by atoms with Crippen molar-refractivity contribution in [2.24, 2.45) is 0 Å². The van der Waals surface area contributed by atoms with Crippen LogP contribution < -0.4 is 4.74 Å². The molecular formula is C16H18F6O3. The van der Waals surface area contributed by atoms with Crippen LogP contribution in [0.4, 0.5) is 26.3 Å². The molecule has 2 rings (SSSR count). The van der Waals surface area contributed by atoms with E-state index in [2.05, 4.69) is 0 Å². The number of hydrogen-bond donors (Lipinski definition) is 2. The minimum Gasteiger partial charge on any atom is -0.493 e. The highest BCUT2D eigenvalue weighted by Crippen LogP contribution is 2.48. The summed E-state index contributed by atoms with van der Waals surface area (Å²) in [6.07, 6.45) is -11.0. The van der Waals surface area contributed by atoms with Crippen molar-refractivity contribution in [3.05, 3.63) is 28.8 Å². The maximum Gasteiger partial charge on any atom is 0.419 e. The first-order chi connectivity index (χ1) is 11.2. The SMILES string of the molecule is CC(C)(C[C@](O)(CO)C(F)(F)F)c1c(C(F)(F)F)ccc2c1CCO2. The van der Waals surface area contributed by atoms with Crippen LogP contribution in [0.2, 0.25) is 0 Å². The van der Waals surface area contributed by atoms with Gasteiger partial charge in [0, 0.05) is 12.0 Å². The van der Waals surface area contributed by atoms with Gasteiger partial charge in [-0.2, -0.15) is 26.3 Å². The second-order valence-corrected chi connectivity index (χ2v) is 6.81. The zero-order chi connectivity index (χ0) is 19.3. The van der Waals surface area contributed by atoms with Crippen molar-refractivity contribution >= 4 is 0 Å². The predicted octanol–water partition coefficient (Wildman–Crippen LogP) is 3.59. The summed E-state index contributed by atoms with van der Waals surface area (Å²) in [6.45, 7) is 0.848. The van der Waals surface area contributed by atoms with Crippen molar-refractivity contribution in [1.82, 2.24) is 0 Å². The fourth-order valence-corrected chi connectivity index (χ4v) is 3.35. The Morgan fingerprint density at radius 3 is 2.16 bits per heavy atom. The molecule has 0 spiro atoms. The van der Waals surface area contributed by atoms with Gasteiger partial charge in [-0.15, -0.1) is 0 Å². The molecule has 0 saturated carbocycles. The summed E-state index contributed by atoms with van der Waals surface area (Å²) in [5, 5.41) is 18.8. The van der Waals surface area contributed by atoms with Gasteiger partial charge in [0.1, 0.15) is 5.75 Å². The Hall–Kier alpha value is -1.48. The zero-order valence-corrected chi connectivity index (χ0v) is 13.6. The van der Waals surface area contributed by atoms with Crippen LogP contribution in [-0.2, 0) is 18.0 Å². The molecule has 0 aromatic heterocycles. The van der Waals surface area contributed by atoms with E-state index < -0.39 is 42.0 Å². The summed E-state index contributed by atoms with van der Waals surface area (Å²) < 4.78 is 84.8. The van der Waals surface area contributed by atoms with Crippen LogP contribution in [-0.4, -0.2) is 35.2 Å². The van der Waals surface area contributed by atoms with E-state index in [1.807, 2.05) is 0 Å². The second-order valence-electron chi connectivity index (χ2n) is 6.81. The molecule has 0 unspecified atom stereocenters. The third-order valence-electron chi connectivity index (χ3n) is 4.39. The van der Waals surface area contributed by atoms with E-state index in [-0.39, 0.29) is 29.9 Å². The largest absolute Gasteiger partial charge is 0.493 e. The highest BCUT2D eigenvalue weighted by molar-refractivity contribution is 5.51. The quantitative estimate of drug-likeness (QED) is 0.795. The van der Waals surface area contributed by atoms with Crippen LogP contribution in [0.3, 0.4) is 0 Å². The molecule has 0 amide bonds. The average molecular weight is 372 g/mol. The van der Waals surface area contributed by atoms with Gasteiger partial charge in [-0.1, -0.05) is 13.8 Å². The lowest BCUT2D eigenvalue weighted by molar-refractivity contribution is -0.277. The van der Waals surface area contributed by atoms with E-state index in [4.69, 9.17) is 9.84 Å². The van der Waals surface area contributed by atoms with Gasteiger partial charge in [0.15, 0.2) is 5.60 Å². The van der Waals surface area contributed by atoms with Gasteiger partial charge in [-0.3, -0.25) is 0 Å². The smallest absolute Gasteiger partial charge is 0.419 e. The molecular weight excluding hydrogens is 354 g/mol. The van der Waals surface area contributed by atoms with Gasteiger partial charge in [-0.05, 0) is 29.5 Å². The topological polar surface area (TPSA) is 49.7 Å². The van der Waals surface area contributed by atoms with Crippen molar-refractivity contribution < 1.29 is 41.3 Å². The Balaban J connectivity index is 2.61. The Morgan fingerprint density at radius 1 is 1.08 bits per heavy atom. The molecule has 2 N–H and O–H groups in total. The van der Waals surface area contributed by atoms with E-state index in [1.54, 1.807) is 0 Å². The molecule has 0 bridgehead atoms. The highest BCUT2D eigenvalue weighted by Gasteiger charge is 2.56. The van der Waals surface area contributed by atoms with Gasteiger partial charge in [-0.25, -0.2) is 0 Å². The maximum atomic E-state index is 13.4. The van der Waals surface area contributed by atoms with Crippen molar-refractivity contribution in [3.8, 4) is 5.75 Å². The van der Waals surface area contributed by atoms with Crippen molar-refractivity contribution in [2.45, 2.75) is 50.1 Å². The maximum absolute atomic E-state index is 13.4. The molecule has 0 saturated heterocycles. The minimum absolute atomic E-state index is 0.127. The van der Waals surface area contributed by atoms with Crippen LogP contribution in [0.5, 0.6) is 5.75 Å². The third kappa shape index (κ3) is 3.57. The van der Waals surface area contributed by atoms with Crippen LogP contribution in [0, 0.1) is 0 Å². The fraction of sp³-hybridized carbons (Fsp3) is 0.625. The molecule has 1 aromatic rings. The number of fused-ring (bicyclic) bond motifs is 1. The number of aliphatic hydroxyl groups excluding tert-OH is 1. The molecule has 1 aliphatic heterocycles. The first kappa shape index (κ1) is 19.8. The standard InChI is InChI=1S/C16H18F6O3/c1-13(2,7-14(24,8-23)16(20,21)22)12-9-5-6-25-11(9)4-3-10(12)15(17,18)19/h3-4,23-24H,5-8H2,1-2H3/t14-/m0/s1. The zero-order valence-electron chi connectivity index (χ0n) is 13.6. The Bertz CT molecular complexity index is 650. The molecule has 0 fully saturated rings. The van der Waals surface area contributed by atoms with Gasteiger partial charge < -0.3 is 14.9 Å². The Morgan fingerprint density at radius 2 is 1.68 bits per heavy atom. The molecule has 0 aliphatic carbocycles. The van der Waals surface area contributed by atoms with Crippen LogP contribution in [0.15, 0.2) is 12.1 Å². The molecule has 1 aliphatic rings. The molecule has 142 valence electrons. The van der Waals surface area contributed by atoms with Gasteiger partial charge in [0.05, 0.1) is 18.8 Å². The molecule has 0 radical (unpaired) electrons. The molecule has 3 nitrogen and oxygen atoms in total. The molecule has 1 aromatic carbocycles. The van der Waals surface area contributed by atoms with Crippen molar-refractivity contribution in [1.29, 1.82) is 0 Å². The van der Waals surface area contributed by atoms with Gasteiger partial charge >= 0.3 is 12.4 Å². The third-order valence-corrected chi connectivity index (χ3v) is 4.39. The summed E-state index contributed by atoms with van der Waals surface area (Å²) in [5.74, 6) is 0.190. The van der Waals surface area contributed by atoms with Crippen molar-refractivity contribution in [3.63, 3.8) is 0 Å². The minimum atomic E-state index is -5.19. The Labute approximate surface area is 140 Å². The number of aliphatic hydroxyl groups is 2. The summed E-state index contributed by atoms with van der Waals surface area (Å²) in [7, 11) is 0. The lowest BCUT2D eigenvalue weighted by atomic mass is 9.71. The number of halogens is 6. The van der Waals surface area contributed by atoms with Gasteiger partial charge in [0.25, 0.3) is 0 Å². The van der Waals surface area contributed by atoms with E-state index in [1.165, 1.54) is 13.8 Å². The normalized spacial score (nSPS) is 17.8. The van der Waals surface area contributed by atoms with Gasteiger partial charge in [0.2, 0.25) is 0 Å². The van der Waals surface area contributed by atoms with Crippen LogP contribution >= 0.6 is 0 Å². The highest BCUT2D eigenvalue weighted by atomic mass is 19.4. The van der Waals surface area contributed by atoms with E-state index in [0.717, 1.165) is 12.1 Å². The van der Waals surface area contributed by atoms with Crippen molar-refractivity contribution in [2.75, 3.05) is 13.2 Å². The average Bonchev–Trinajstić information content (AvgIpc) is 2.91. The summed E-state index contributed by atoms with van der Waals surface area (Å²) in [4.78, 5) is 0. The van der Waals surface area contributed by atoms with E-state index in [0.29, 0.717) is 0 Å². The predicted molar refractivity (Wildman–Crippen MR) is 76.4 cm³/mol. The summed E-state index contributed by atoms with van der Waals surface area (Å²) in [6, 6.07) is 1.92. The fourth-order valence-electron chi connectivity index (χ4n) is 3.35. The van der Waals surface area contributed by atoms with Crippen LogP contribution in [0.1, 0.15) is 37.0 Å². The first-order valence-corrected chi connectivity index (χ1v) is 7.49. The number of rotatable bonds is 4. The lowest BCUT2D eigenvalue weighted by Gasteiger charge is -2.38. The Kier molecular flexibility index (Phi) is 4.80. The summed E-state index contributed by atoms with van der Waals surface area (Å²) in [5.41, 5.74) is -6.46. The monoisotopic (exact) mass is 372 g/mol. The first-order valence-electron chi connectivity index (χ1n) is 7.49. The summed E-state index contributed by atoms with van der Waals surface area (Å²) >= 11 is 0. The second kappa shape index (κ2) is 6.05. The van der Waals surface area contributed by atoms with E-state index >= 15 is 0 Å². The number of benzene rings is 1. The molecule has 1 atom stereocenters. The molecule has 25 heavy (non-hydrogen) atoms. The van der Waals surface area contributed by atoms with E-state index in [9.17, 15) is 31.4 Å². The molecule has 1 heterocycles. The number of hydrogen-bond acceptors (Lipinski definition) is 3. The number of alkyl halides is 6. The van der Waals surface area contributed by atoms with Crippen LogP contribution in [0.25, 0.3) is 0 Å². The number of ether oxygens (including phenoxy) is 1. The lowest BCUT2D eigenvalue weighted by Crippen LogP contribution is -2.52. The molecule has 9 heteroatoms.